The molecule has 30 heavy (non-hydrogen) atoms. The molecule has 2 aromatic carbocycles. The van der Waals surface area contributed by atoms with Crippen molar-refractivity contribution in [2.45, 2.75) is 18.9 Å². The fourth-order valence-corrected chi connectivity index (χ4v) is 4.36. The SMILES string of the molecule is COc1ccc(CCN2C(=O)C[C@@H]([NH+]3CCN(c4ccccc4F)CC3)C2=O)cc1. The van der Waals surface area contributed by atoms with Crippen LogP contribution in [0.15, 0.2) is 48.5 Å². The van der Waals surface area contributed by atoms with Crippen molar-refractivity contribution in [1.29, 1.82) is 0 Å². The zero-order valence-corrected chi connectivity index (χ0v) is 17.1. The fraction of sp³-hybridized carbons (Fsp3) is 0.391. The third-order valence-corrected chi connectivity index (χ3v) is 6.12. The van der Waals surface area contributed by atoms with E-state index in [1.165, 1.54) is 11.0 Å². The summed E-state index contributed by atoms with van der Waals surface area (Å²) in [7, 11) is 1.62. The molecule has 1 N–H and O–H groups in total. The average Bonchev–Trinajstić information content (AvgIpc) is 3.06. The zero-order chi connectivity index (χ0) is 21.1. The number of halogens is 1. The van der Waals surface area contributed by atoms with E-state index in [4.69, 9.17) is 4.74 Å². The first-order valence-corrected chi connectivity index (χ1v) is 10.4. The first-order chi connectivity index (χ1) is 14.6. The molecule has 0 saturated carbocycles. The van der Waals surface area contributed by atoms with Gasteiger partial charge in [0.1, 0.15) is 11.6 Å². The zero-order valence-electron chi connectivity index (χ0n) is 17.1. The first-order valence-electron chi connectivity index (χ1n) is 10.4. The monoisotopic (exact) mass is 412 g/mol. The van der Waals surface area contributed by atoms with Crippen LogP contribution in [0.1, 0.15) is 12.0 Å². The minimum atomic E-state index is -0.323. The molecule has 0 aromatic heterocycles. The van der Waals surface area contributed by atoms with Gasteiger partial charge in [-0.25, -0.2) is 4.39 Å². The molecule has 0 spiro atoms. The van der Waals surface area contributed by atoms with Crippen LogP contribution in [-0.4, -0.2) is 62.6 Å². The molecule has 4 rings (SSSR count). The minimum Gasteiger partial charge on any atom is -0.497 e. The summed E-state index contributed by atoms with van der Waals surface area (Å²) in [6, 6.07) is 14.1. The number of nitrogens with one attached hydrogen (secondary N) is 1. The molecule has 1 atom stereocenters. The molecule has 0 radical (unpaired) electrons. The molecular weight excluding hydrogens is 385 g/mol. The third-order valence-electron chi connectivity index (χ3n) is 6.12. The fourth-order valence-electron chi connectivity index (χ4n) is 4.36. The molecule has 2 aliphatic rings. The van der Waals surface area contributed by atoms with Crippen molar-refractivity contribution >= 4 is 17.5 Å². The Morgan fingerprint density at radius 1 is 1.07 bits per heavy atom. The molecule has 0 bridgehead atoms. The second-order valence-corrected chi connectivity index (χ2v) is 7.84. The van der Waals surface area contributed by atoms with Crippen molar-refractivity contribution < 1.29 is 23.6 Å². The van der Waals surface area contributed by atoms with Gasteiger partial charge in [-0.05, 0) is 36.2 Å². The highest BCUT2D eigenvalue weighted by atomic mass is 19.1. The van der Waals surface area contributed by atoms with Crippen LogP contribution in [0, 0.1) is 5.82 Å². The number of benzene rings is 2. The number of amides is 2. The number of piperazine rings is 1. The Labute approximate surface area is 175 Å². The van der Waals surface area contributed by atoms with Gasteiger partial charge < -0.3 is 14.5 Å². The largest absolute Gasteiger partial charge is 0.497 e. The molecular formula is C23H27FN3O3+. The van der Waals surface area contributed by atoms with E-state index in [0.717, 1.165) is 16.2 Å². The molecule has 2 saturated heterocycles. The molecule has 2 amide bonds. The summed E-state index contributed by atoms with van der Waals surface area (Å²) in [5, 5.41) is 0. The number of methoxy groups -OCH3 is 1. The van der Waals surface area contributed by atoms with Gasteiger partial charge in [-0.3, -0.25) is 14.5 Å². The number of quaternary nitrogens is 1. The lowest BCUT2D eigenvalue weighted by molar-refractivity contribution is -0.915. The van der Waals surface area contributed by atoms with E-state index in [1.807, 2.05) is 35.2 Å². The van der Waals surface area contributed by atoms with E-state index in [2.05, 4.69) is 0 Å². The normalized spacial score (nSPS) is 20.1. The van der Waals surface area contributed by atoms with Gasteiger partial charge in [0.2, 0.25) is 5.91 Å². The Bertz CT molecular complexity index is 910. The molecule has 2 heterocycles. The van der Waals surface area contributed by atoms with Crippen molar-refractivity contribution in [3.8, 4) is 5.75 Å². The Morgan fingerprint density at radius 3 is 2.43 bits per heavy atom. The first kappa shape index (κ1) is 20.3. The summed E-state index contributed by atoms with van der Waals surface area (Å²) in [5.41, 5.74) is 1.66. The number of nitrogens with zero attached hydrogens (tertiary/aromatic N) is 2. The van der Waals surface area contributed by atoms with E-state index in [-0.39, 0.29) is 30.1 Å². The van der Waals surface area contributed by atoms with E-state index in [1.54, 1.807) is 19.2 Å². The van der Waals surface area contributed by atoms with Crippen LogP contribution < -0.4 is 14.5 Å². The molecule has 0 aliphatic carbocycles. The highest BCUT2D eigenvalue weighted by molar-refractivity contribution is 6.04. The number of carbonyl (C=O) groups is 2. The summed E-state index contributed by atoms with van der Waals surface area (Å²) >= 11 is 0. The summed E-state index contributed by atoms with van der Waals surface area (Å²) in [6.45, 7) is 3.16. The second-order valence-electron chi connectivity index (χ2n) is 7.84. The summed E-state index contributed by atoms with van der Waals surface area (Å²) < 4.78 is 19.2. The number of carbonyl (C=O) groups excluding carboxylic acids is 2. The smallest absolute Gasteiger partial charge is 0.288 e. The maximum atomic E-state index is 14.0. The van der Waals surface area contributed by atoms with E-state index < -0.39 is 0 Å². The number of para-hydroxylation sites is 1. The number of likely N-dealkylation sites (tertiary alicyclic amines) is 1. The molecule has 2 fully saturated rings. The highest BCUT2D eigenvalue weighted by Crippen LogP contribution is 2.19. The maximum Gasteiger partial charge on any atom is 0.288 e. The number of rotatable bonds is 6. The Kier molecular flexibility index (Phi) is 5.99. The molecule has 158 valence electrons. The number of hydrogen-bond acceptors (Lipinski definition) is 4. The Balaban J connectivity index is 1.33. The molecule has 0 unspecified atom stereocenters. The molecule has 2 aliphatic heterocycles. The van der Waals surface area contributed by atoms with Gasteiger partial charge in [-0.1, -0.05) is 24.3 Å². The third kappa shape index (κ3) is 4.16. The van der Waals surface area contributed by atoms with Crippen LogP contribution >= 0.6 is 0 Å². The lowest BCUT2D eigenvalue weighted by atomic mass is 10.1. The molecule has 2 aromatic rings. The van der Waals surface area contributed by atoms with Crippen molar-refractivity contribution in [3.63, 3.8) is 0 Å². The standard InChI is InChI=1S/C23H26FN3O3/c1-30-18-8-6-17(7-9-18)10-11-27-22(28)16-21(23(27)29)26-14-12-25(13-15-26)20-5-3-2-4-19(20)24/h2-9,21H,10-16H2,1H3/p+1/t21-/m1/s1. The van der Waals surface area contributed by atoms with E-state index in [9.17, 15) is 14.0 Å². The Morgan fingerprint density at radius 2 is 1.77 bits per heavy atom. The van der Waals surface area contributed by atoms with Crippen molar-refractivity contribution in [2.24, 2.45) is 0 Å². The van der Waals surface area contributed by atoms with Crippen LogP contribution in [0.3, 0.4) is 0 Å². The van der Waals surface area contributed by atoms with E-state index in [0.29, 0.717) is 44.8 Å². The second kappa shape index (κ2) is 8.83. The van der Waals surface area contributed by atoms with Crippen molar-refractivity contribution in [3.05, 3.63) is 59.9 Å². The van der Waals surface area contributed by atoms with Crippen LogP contribution in [0.5, 0.6) is 5.75 Å². The van der Waals surface area contributed by atoms with Crippen molar-refractivity contribution in [1.82, 2.24) is 4.90 Å². The molecule has 6 nitrogen and oxygen atoms in total. The van der Waals surface area contributed by atoms with Gasteiger partial charge in [0.25, 0.3) is 5.91 Å². The topological polar surface area (TPSA) is 54.3 Å². The highest BCUT2D eigenvalue weighted by Gasteiger charge is 2.45. The van der Waals surface area contributed by atoms with Gasteiger partial charge in [-0.15, -0.1) is 0 Å². The average molecular weight is 412 g/mol. The Hall–Kier alpha value is -2.93. The summed E-state index contributed by atoms with van der Waals surface area (Å²) in [4.78, 5) is 30.0. The van der Waals surface area contributed by atoms with E-state index >= 15 is 0 Å². The van der Waals surface area contributed by atoms with Gasteiger partial charge in [0.15, 0.2) is 6.04 Å². The number of hydrogen-bond donors (Lipinski definition) is 1. The van der Waals surface area contributed by atoms with Gasteiger partial charge in [0, 0.05) is 6.54 Å². The quantitative estimate of drug-likeness (QED) is 0.717. The summed E-state index contributed by atoms with van der Waals surface area (Å²) in [5.74, 6) is 0.383. The predicted molar refractivity (Wildman–Crippen MR) is 111 cm³/mol. The number of imide groups is 1. The molecule has 7 heteroatoms. The van der Waals surface area contributed by atoms with Crippen LogP contribution in [-0.2, 0) is 16.0 Å². The number of anilines is 1. The summed E-state index contributed by atoms with van der Waals surface area (Å²) in [6.07, 6.45) is 0.890. The lowest BCUT2D eigenvalue weighted by Gasteiger charge is -2.35. The van der Waals surface area contributed by atoms with Gasteiger partial charge in [0.05, 0.1) is 45.4 Å². The van der Waals surface area contributed by atoms with Crippen molar-refractivity contribution in [2.75, 3.05) is 44.7 Å². The van der Waals surface area contributed by atoms with Crippen LogP contribution in [0.2, 0.25) is 0 Å². The lowest BCUT2D eigenvalue weighted by Crippen LogP contribution is -3.19. The minimum absolute atomic E-state index is 0.0807. The van der Waals surface area contributed by atoms with Gasteiger partial charge in [-0.2, -0.15) is 0 Å². The number of ether oxygens (including phenoxy) is 1. The predicted octanol–water partition coefficient (Wildman–Crippen LogP) is 0.909. The van der Waals surface area contributed by atoms with Crippen LogP contribution in [0.4, 0.5) is 10.1 Å². The maximum absolute atomic E-state index is 14.0. The van der Waals surface area contributed by atoms with Gasteiger partial charge >= 0.3 is 0 Å². The van der Waals surface area contributed by atoms with Crippen LogP contribution in [0.25, 0.3) is 0 Å².